The monoisotopic (exact) mass is 221 g/mol. The molecule has 1 N–H and O–H groups in total. The summed E-state index contributed by atoms with van der Waals surface area (Å²) in [6, 6.07) is 7.29. The molecule has 0 saturated heterocycles. The second-order valence-electron chi connectivity index (χ2n) is 4.97. The normalized spacial score (nSPS) is 26.1. The number of hydrogen-bond acceptors (Lipinski definition) is 1. The molecule has 0 bridgehead atoms. The molecule has 2 unspecified atom stereocenters. The minimum atomic E-state index is -0.160. The molecule has 2 rings (SSSR count). The van der Waals surface area contributed by atoms with E-state index in [9.17, 15) is 4.39 Å². The molecule has 88 valence electrons. The van der Waals surface area contributed by atoms with Gasteiger partial charge in [-0.25, -0.2) is 4.39 Å². The van der Waals surface area contributed by atoms with Crippen molar-refractivity contribution in [1.82, 2.24) is 0 Å². The third kappa shape index (κ3) is 3.22. The van der Waals surface area contributed by atoms with Gasteiger partial charge in [0.2, 0.25) is 0 Å². The molecule has 1 aromatic carbocycles. The van der Waals surface area contributed by atoms with Crippen molar-refractivity contribution in [3.8, 4) is 0 Å². The minimum Gasteiger partial charge on any atom is -0.382 e. The lowest BCUT2D eigenvalue weighted by Gasteiger charge is -2.17. The standard InChI is InChI=1S/C14H20FN/c1-11-4-2-6-13(9-8-11)16-14-7-3-5-12(15)10-14/h3,5,7,10-11,13,16H,2,4,6,8-9H2,1H3. The fourth-order valence-electron chi connectivity index (χ4n) is 2.45. The molecule has 0 spiro atoms. The molecule has 2 atom stereocenters. The van der Waals surface area contributed by atoms with E-state index >= 15 is 0 Å². The van der Waals surface area contributed by atoms with Gasteiger partial charge in [-0.3, -0.25) is 0 Å². The zero-order valence-electron chi connectivity index (χ0n) is 9.88. The maximum absolute atomic E-state index is 13.0. The van der Waals surface area contributed by atoms with E-state index in [4.69, 9.17) is 0 Å². The Balaban J connectivity index is 1.93. The molecule has 16 heavy (non-hydrogen) atoms. The van der Waals surface area contributed by atoms with E-state index in [1.54, 1.807) is 12.1 Å². The second kappa shape index (κ2) is 5.33. The van der Waals surface area contributed by atoms with Gasteiger partial charge in [0.15, 0.2) is 0 Å². The highest BCUT2D eigenvalue weighted by atomic mass is 19.1. The summed E-state index contributed by atoms with van der Waals surface area (Å²) in [6.45, 7) is 2.32. The molecule has 1 saturated carbocycles. The Hall–Kier alpha value is -1.05. The van der Waals surface area contributed by atoms with Crippen LogP contribution in [-0.2, 0) is 0 Å². The van der Waals surface area contributed by atoms with Gasteiger partial charge in [0.25, 0.3) is 0 Å². The van der Waals surface area contributed by atoms with Gasteiger partial charge in [-0.1, -0.05) is 25.8 Å². The Kier molecular flexibility index (Phi) is 3.81. The summed E-state index contributed by atoms with van der Waals surface area (Å²) in [7, 11) is 0. The number of halogens is 1. The van der Waals surface area contributed by atoms with Crippen LogP contribution >= 0.6 is 0 Å². The van der Waals surface area contributed by atoms with Crippen molar-refractivity contribution in [2.75, 3.05) is 5.32 Å². The van der Waals surface area contributed by atoms with E-state index in [0.29, 0.717) is 6.04 Å². The SMILES string of the molecule is CC1CCCC(Nc2cccc(F)c2)CC1. The molecule has 1 fully saturated rings. The average Bonchev–Trinajstić information content (AvgIpc) is 2.44. The molecule has 0 amide bonds. The summed E-state index contributed by atoms with van der Waals surface area (Å²) >= 11 is 0. The first-order valence-corrected chi connectivity index (χ1v) is 6.26. The van der Waals surface area contributed by atoms with Crippen LogP contribution in [0.15, 0.2) is 24.3 Å². The summed E-state index contributed by atoms with van der Waals surface area (Å²) in [5.74, 6) is 0.686. The first kappa shape index (κ1) is 11.4. The van der Waals surface area contributed by atoms with Crippen molar-refractivity contribution >= 4 is 5.69 Å². The Morgan fingerprint density at radius 1 is 1.19 bits per heavy atom. The lowest BCUT2D eigenvalue weighted by Crippen LogP contribution is -2.18. The summed E-state index contributed by atoms with van der Waals surface area (Å²) in [5, 5.41) is 3.44. The van der Waals surface area contributed by atoms with Crippen LogP contribution in [0, 0.1) is 11.7 Å². The predicted octanol–water partition coefficient (Wildman–Crippen LogP) is 4.21. The predicted molar refractivity (Wildman–Crippen MR) is 66.1 cm³/mol. The highest BCUT2D eigenvalue weighted by Crippen LogP contribution is 2.25. The Bertz CT molecular complexity index is 337. The Morgan fingerprint density at radius 3 is 2.88 bits per heavy atom. The van der Waals surface area contributed by atoms with Gasteiger partial charge in [-0.15, -0.1) is 0 Å². The van der Waals surface area contributed by atoms with Gasteiger partial charge >= 0.3 is 0 Å². The summed E-state index contributed by atoms with van der Waals surface area (Å²) in [6.07, 6.45) is 6.32. The molecule has 1 aliphatic rings. The van der Waals surface area contributed by atoms with Crippen LogP contribution < -0.4 is 5.32 Å². The highest BCUT2D eigenvalue weighted by Gasteiger charge is 2.15. The summed E-state index contributed by atoms with van der Waals surface area (Å²) < 4.78 is 13.0. The van der Waals surface area contributed by atoms with Crippen LogP contribution in [-0.4, -0.2) is 6.04 Å². The van der Waals surface area contributed by atoms with E-state index in [2.05, 4.69) is 12.2 Å². The van der Waals surface area contributed by atoms with Crippen molar-refractivity contribution < 1.29 is 4.39 Å². The number of rotatable bonds is 2. The first-order chi connectivity index (χ1) is 7.74. The number of anilines is 1. The van der Waals surface area contributed by atoms with Crippen molar-refractivity contribution in [3.05, 3.63) is 30.1 Å². The average molecular weight is 221 g/mol. The van der Waals surface area contributed by atoms with Gasteiger partial charge in [0.05, 0.1) is 0 Å². The van der Waals surface area contributed by atoms with Crippen molar-refractivity contribution in [2.45, 2.75) is 45.1 Å². The number of hydrogen-bond donors (Lipinski definition) is 1. The highest BCUT2D eigenvalue weighted by molar-refractivity contribution is 5.43. The van der Waals surface area contributed by atoms with Crippen LogP contribution in [0.25, 0.3) is 0 Å². The van der Waals surface area contributed by atoms with E-state index in [-0.39, 0.29) is 5.82 Å². The zero-order chi connectivity index (χ0) is 11.4. The Labute approximate surface area is 97.1 Å². The zero-order valence-corrected chi connectivity index (χ0v) is 9.88. The molecule has 1 aromatic rings. The van der Waals surface area contributed by atoms with Crippen LogP contribution in [0.2, 0.25) is 0 Å². The molecule has 0 aliphatic heterocycles. The van der Waals surface area contributed by atoms with Crippen molar-refractivity contribution in [2.24, 2.45) is 5.92 Å². The van der Waals surface area contributed by atoms with E-state index in [0.717, 1.165) is 11.6 Å². The van der Waals surface area contributed by atoms with Gasteiger partial charge in [0, 0.05) is 11.7 Å². The Morgan fingerprint density at radius 2 is 2.06 bits per heavy atom. The topological polar surface area (TPSA) is 12.0 Å². The molecule has 1 aliphatic carbocycles. The number of benzene rings is 1. The maximum Gasteiger partial charge on any atom is 0.125 e. The second-order valence-corrected chi connectivity index (χ2v) is 4.97. The minimum absolute atomic E-state index is 0.160. The van der Waals surface area contributed by atoms with Gasteiger partial charge in [-0.05, 0) is 43.4 Å². The van der Waals surface area contributed by atoms with Crippen molar-refractivity contribution in [1.29, 1.82) is 0 Å². The van der Waals surface area contributed by atoms with Gasteiger partial charge in [-0.2, -0.15) is 0 Å². The lowest BCUT2D eigenvalue weighted by molar-refractivity contribution is 0.502. The molecule has 2 heteroatoms. The quantitative estimate of drug-likeness (QED) is 0.738. The van der Waals surface area contributed by atoms with Gasteiger partial charge < -0.3 is 5.32 Å². The fraction of sp³-hybridized carbons (Fsp3) is 0.571. The number of nitrogens with one attached hydrogen (secondary N) is 1. The van der Waals surface area contributed by atoms with E-state index in [1.165, 1.54) is 38.2 Å². The van der Waals surface area contributed by atoms with Crippen LogP contribution in [0.3, 0.4) is 0 Å². The van der Waals surface area contributed by atoms with Gasteiger partial charge in [0.1, 0.15) is 5.82 Å². The molecule has 0 aromatic heterocycles. The summed E-state index contributed by atoms with van der Waals surface area (Å²) in [5.41, 5.74) is 0.916. The third-order valence-electron chi connectivity index (χ3n) is 3.45. The molecule has 0 heterocycles. The summed E-state index contributed by atoms with van der Waals surface area (Å²) in [4.78, 5) is 0. The molecular weight excluding hydrogens is 201 g/mol. The van der Waals surface area contributed by atoms with E-state index in [1.807, 2.05) is 6.07 Å². The van der Waals surface area contributed by atoms with Crippen LogP contribution in [0.4, 0.5) is 10.1 Å². The fourth-order valence-corrected chi connectivity index (χ4v) is 2.45. The molecular formula is C14H20FN. The van der Waals surface area contributed by atoms with E-state index < -0.39 is 0 Å². The third-order valence-corrected chi connectivity index (χ3v) is 3.45. The van der Waals surface area contributed by atoms with Crippen LogP contribution in [0.1, 0.15) is 39.0 Å². The first-order valence-electron chi connectivity index (χ1n) is 6.26. The maximum atomic E-state index is 13.0. The lowest BCUT2D eigenvalue weighted by atomic mass is 10.0. The molecule has 0 radical (unpaired) electrons. The molecule has 1 nitrogen and oxygen atoms in total. The van der Waals surface area contributed by atoms with Crippen molar-refractivity contribution in [3.63, 3.8) is 0 Å². The van der Waals surface area contributed by atoms with Crippen LogP contribution in [0.5, 0.6) is 0 Å². The largest absolute Gasteiger partial charge is 0.382 e. The smallest absolute Gasteiger partial charge is 0.125 e.